The summed E-state index contributed by atoms with van der Waals surface area (Å²) in [4.78, 5) is 53.2. The fourth-order valence-corrected chi connectivity index (χ4v) is 3.70. The number of amidine groups is 1. The van der Waals surface area contributed by atoms with Gasteiger partial charge in [-0.05, 0) is 19.1 Å². The molecule has 5 atom stereocenters. The molecule has 1 saturated heterocycles. The molecule has 0 aromatic heterocycles. The Hall–Kier alpha value is -3.83. The molecule has 3 aliphatic heterocycles. The number of carbonyl (C=O) groups excluding carboxylic acids is 4. The van der Waals surface area contributed by atoms with Crippen molar-refractivity contribution in [1.82, 2.24) is 0 Å². The second-order valence-corrected chi connectivity index (χ2v) is 7.95. The average Bonchev–Trinajstić information content (AvgIpc) is 3.10. The fourth-order valence-electron chi connectivity index (χ4n) is 3.70. The highest BCUT2D eigenvalue weighted by Gasteiger charge is 2.60. The standard InChI is InChI=1S/C22H21N3O8/c1-12-3-5-13(6-4-12)21(28)30-11-14-18-19(33-17(27)8-7-16(26)32-18)20(31-14)25(2)10-9-15(23)24-22(25)29/h3-10,14,18-20H,11H2,1-2H3,(H-,23,24,29)/p+1/b8-7-/t14-,18?,19+,20-,25?/m1/s1. The van der Waals surface area contributed by atoms with Crippen molar-refractivity contribution in [3.8, 4) is 0 Å². The average molecular weight is 456 g/mol. The topological polar surface area (TPSA) is 144 Å². The quantitative estimate of drug-likeness (QED) is 0.394. The molecule has 11 heteroatoms. The van der Waals surface area contributed by atoms with E-state index in [0.29, 0.717) is 5.56 Å². The van der Waals surface area contributed by atoms with Gasteiger partial charge in [0.1, 0.15) is 24.7 Å². The second-order valence-electron chi connectivity index (χ2n) is 7.95. The Kier molecular flexibility index (Phi) is 5.83. The van der Waals surface area contributed by atoms with Crippen LogP contribution in [0.15, 0.2) is 53.7 Å². The number of aryl methyl sites for hydroxylation is 1. The van der Waals surface area contributed by atoms with Gasteiger partial charge < -0.3 is 24.7 Å². The number of benzene rings is 1. The van der Waals surface area contributed by atoms with Crippen LogP contribution in [0.3, 0.4) is 0 Å². The van der Waals surface area contributed by atoms with E-state index in [4.69, 9.17) is 24.7 Å². The van der Waals surface area contributed by atoms with Crippen LogP contribution < -0.4 is 5.73 Å². The van der Waals surface area contributed by atoms with E-state index >= 15 is 0 Å². The first-order valence-electron chi connectivity index (χ1n) is 10.1. The van der Waals surface area contributed by atoms with E-state index < -0.39 is 53.0 Å². The maximum Gasteiger partial charge on any atom is 0.451 e. The van der Waals surface area contributed by atoms with Crippen molar-refractivity contribution in [3.05, 3.63) is 59.8 Å². The van der Waals surface area contributed by atoms with Crippen LogP contribution in [-0.2, 0) is 28.5 Å². The number of urea groups is 1. The van der Waals surface area contributed by atoms with E-state index in [2.05, 4.69) is 4.99 Å². The molecule has 2 N–H and O–H groups in total. The summed E-state index contributed by atoms with van der Waals surface area (Å²) in [5.41, 5.74) is 6.91. The minimum atomic E-state index is -1.18. The number of likely N-dealkylation sites (N-methyl/N-ethyl adjacent to an activating group) is 1. The Morgan fingerprint density at radius 1 is 1.06 bits per heavy atom. The summed E-state index contributed by atoms with van der Waals surface area (Å²) >= 11 is 0. The largest absolute Gasteiger partial charge is 0.459 e. The number of ether oxygens (including phenoxy) is 4. The van der Waals surface area contributed by atoms with Gasteiger partial charge in [-0.15, -0.1) is 4.99 Å². The summed E-state index contributed by atoms with van der Waals surface area (Å²) in [5.74, 6) is -2.21. The van der Waals surface area contributed by atoms with E-state index in [1.165, 1.54) is 19.3 Å². The van der Waals surface area contributed by atoms with Crippen LogP contribution in [0.25, 0.3) is 0 Å². The molecule has 2 unspecified atom stereocenters. The van der Waals surface area contributed by atoms with Gasteiger partial charge in [0.15, 0.2) is 6.10 Å². The summed E-state index contributed by atoms with van der Waals surface area (Å²) in [6.07, 6.45) is 0.236. The van der Waals surface area contributed by atoms with Crippen molar-refractivity contribution in [2.45, 2.75) is 31.5 Å². The molecule has 3 aliphatic rings. The number of rotatable bonds is 4. The maximum absolute atomic E-state index is 12.7. The van der Waals surface area contributed by atoms with Crippen LogP contribution in [-0.4, -0.2) is 72.5 Å². The van der Waals surface area contributed by atoms with Crippen LogP contribution >= 0.6 is 0 Å². The lowest BCUT2D eigenvalue weighted by Crippen LogP contribution is -2.58. The highest BCUT2D eigenvalue weighted by atomic mass is 16.7. The summed E-state index contributed by atoms with van der Waals surface area (Å²) in [6, 6.07) is 6.10. The monoisotopic (exact) mass is 456 g/mol. The van der Waals surface area contributed by atoms with Gasteiger partial charge in [-0.3, -0.25) is 0 Å². The van der Waals surface area contributed by atoms with E-state index in [-0.39, 0.29) is 12.4 Å². The number of amides is 2. The number of esters is 3. The van der Waals surface area contributed by atoms with Crippen LogP contribution in [0.2, 0.25) is 0 Å². The Morgan fingerprint density at radius 2 is 1.70 bits per heavy atom. The number of hydrogen-bond donors (Lipinski definition) is 1. The summed E-state index contributed by atoms with van der Waals surface area (Å²) < 4.78 is 21.7. The van der Waals surface area contributed by atoms with E-state index in [1.54, 1.807) is 24.3 Å². The first kappa shape index (κ1) is 22.4. The van der Waals surface area contributed by atoms with Crippen LogP contribution in [0.1, 0.15) is 15.9 Å². The molecule has 3 heterocycles. The van der Waals surface area contributed by atoms with Gasteiger partial charge in [-0.25, -0.2) is 19.2 Å². The molecular weight excluding hydrogens is 434 g/mol. The van der Waals surface area contributed by atoms with Crippen molar-refractivity contribution < 1.29 is 42.6 Å². The number of fused-ring (bicyclic) bond motifs is 1. The predicted molar refractivity (Wildman–Crippen MR) is 111 cm³/mol. The van der Waals surface area contributed by atoms with Crippen molar-refractivity contribution in [1.29, 1.82) is 0 Å². The summed E-state index contributed by atoms with van der Waals surface area (Å²) in [7, 11) is 1.49. The number of nitrogens with two attached hydrogens (primary N) is 1. The van der Waals surface area contributed by atoms with Crippen molar-refractivity contribution in [2.75, 3.05) is 13.7 Å². The molecule has 0 bridgehead atoms. The molecule has 4 rings (SSSR count). The van der Waals surface area contributed by atoms with Gasteiger partial charge >= 0.3 is 23.9 Å². The van der Waals surface area contributed by atoms with Crippen LogP contribution in [0, 0.1) is 6.92 Å². The molecule has 0 spiro atoms. The first-order valence-corrected chi connectivity index (χ1v) is 10.1. The molecule has 1 aromatic rings. The first-order chi connectivity index (χ1) is 15.7. The molecule has 172 valence electrons. The predicted octanol–water partition coefficient (Wildman–Crippen LogP) is 0.721. The molecule has 1 aromatic carbocycles. The fraction of sp³-hybridized carbons (Fsp3) is 0.318. The highest BCUT2D eigenvalue weighted by Crippen LogP contribution is 2.35. The van der Waals surface area contributed by atoms with Crippen LogP contribution in [0.5, 0.6) is 0 Å². The van der Waals surface area contributed by atoms with Gasteiger partial charge in [-0.1, -0.05) is 17.7 Å². The van der Waals surface area contributed by atoms with E-state index in [1.807, 2.05) is 6.92 Å². The van der Waals surface area contributed by atoms with Gasteiger partial charge in [0.05, 0.1) is 12.6 Å². The third kappa shape index (κ3) is 4.41. The number of nitrogens with zero attached hydrogens (tertiary/aromatic N) is 2. The molecule has 11 nitrogen and oxygen atoms in total. The SMILES string of the molecule is Cc1ccc(C(=O)OC[C@H]2O[C@@H]([N+]3(C)C=CC(N)=NC3=O)[C@H]3OC(=O)/C=C\C(=O)OC23)cc1. The third-order valence-corrected chi connectivity index (χ3v) is 5.53. The molecular formula is C22H22N3O8+. The van der Waals surface area contributed by atoms with Crippen molar-refractivity contribution in [2.24, 2.45) is 10.7 Å². The third-order valence-electron chi connectivity index (χ3n) is 5.53. The zero-order valence-corrected chi connectivity index (χ0v) is 17.9. The molecule has 0 radical (unpaired) electrons. The van der Waals surface area contributed by atoms with Crippen LogP contribution in [0.4, 0.5) is 4.79 Å². The molecule has 33 heavy (non-hydrogen) atoms. The minimum absolute atomic E-state index is 0.0118. The zero-order chi connectivity index (χ0) is 23.8. The highest BCUT2D eigenvalue weighted by molar-refractivity contribution is 5.99. The number of aliphatic imine (C=N–C) groups is 1. The Labute approximate surface area is 188 Å². The zero-order valence-electron chi connectivity index (χ0n) is 17.9. The van der Waals surface area contributed by atoms with Gasteiger partial charge in [0, 0.05) is 18.2 Å². The van der Waals surface area contributed by atoms with E-state index in [9.17, 15) is 19.2 Å². The lowest BCUT2D eigenvalue weighted by Gasteiger charge is -2.34. The van der Waals surface area contributed by atoms with Gasteiger partial charge in [0.2, 0.25) is 12.3 Å². The van der Waals surface area contributed by atoms with Crippen molar-refractivity contribution in [3.63, 3.8) is 0 Å². The lowest BCUT2D eigenvalue weighted by atomic mass is 10.1. The summed E-state index contributed by atoms with van der Waals surface area (Å²) in [6.45, 7) is 1.57. The molecule has 0 saturated carbocycles. The summed E-state index contributed by atoms with van der Waals surface area (Å²) in [5, 5.41) is 0. The normalized spacial score (nSPS) is 32.1. The number of carbonyl (C=O) groups is 4. The lowest BCUT2D eigenvalue weighted by molar-refractivity contribution is -0.834. The second kappa shape index (κ2) is 8.60. The Bertz CT molecular complexity index is 1090. The van der Waals surface area contributed by atoms with Crippen molar-refractivity contribution >= 4 is 29.8 Å². The Morgan fingerprint density at radius 3 is 2.33 bits per heavy atom. The van der Waals surface area contributed by atoms with E-state index in [0.717, 1.165) is 17.7 Å². The number of quaternary nitrogens is 1. The Balaban J connectivity index is 1.60. The van der Waals surface area contributed by atoms with Gasteiger partial charge in [0.25, 0.3) is 0 Å². The molecule has 0 aliphatic carbocycles. The number of hydrogen-bond acceptors (Lipinski definition) is 9. The smallest absolute Gasteiger partial charge is 0.451 e. The maximum atomic E-state index is 12.7. The molecule has 2 amide bonds. The van der Waals surface area contributed by atoms with Gasteiger partial charge in [-0.2, -0.15) is 4.48 Å². The molecule has 1 fully saturated rings. The minimum Gasteiger partial charge on any atom is -0.459 e.